The lowest BCUT2D eigenvalue weighted by molar-refractivity contribution is -0.136. The van der Waals surface area contributed by atoms with E-state index in [9.17, 15) is 9.18 Å². The lowest BCUT2D eigenvalue weighted by atomic mass is 10.1. The van der Waals surface area contributed by atoms with E-state index in [1.54, 1.807) is 25.3 Å². The maximum absolute atomic E-state index is 13.3. The molecule has 2 N–H and O–H groups in total. The highest BCUT2D eigenvalue weighted by atomic mass is 19.1. The lowest BCUT2D eigenvalue weighted by Crippen LogP contribution is -2.04. The van der Waals surface area contributed by atoms with Crippen molar-refractivity contribution in [2.75, 3.05) is 13.6 Å². The van der Waals surface area contributed by atoms with Crippen LogP contribution in [0.5, 0.6) is 0 Å². The van der Waals surface area contributed by atoms with Gasteiger partial charge in [-0.25, -0.2) is 4.39 Å². The summed E-state index contributed by atoms with van der Waals surface area (Å²) in [5.41, 5.74) is 1.01. The number of halogens is 1. The molecule has 1 rings (SSSR count). The summed E-state index contributed by atoms with van der Waals surface area (Å²) in [5, 5.41) is 11.5. The third-order valence-electron chi connectivity index (χ3n) is 2.04. The number of carboxylic acid groups (broad SMARTS) is 1. The van der Waals surface area contributed by atoms with Crippen LogP contribution in [0.25, 0.3) is 6.08 Å². The first-order valence-corrected chi connectivity index (χ1v) is 4.95. The molecule has 0 atom stereocenters. The summed E-state index contributed by atoms with van der Waals surface area (Å²) in [6.45, 7) is 0.641. The van der Waals surface area contributed by atoms with E-state index in [2.05, 4.69) is 5.32 Å². The monoisotopic (exact) mass is 223 g/mol. The Labute approximate surface area is 93.6 Å². The Kier molecular flexibility index (Phi) is 4.66. The van der Waals surface area contributed by atoms with Crippen LogP contribution < -0.4 is 5.32 Å². The van der Waals surface area contributed by atoms with Crippen LogP contribution in [-0.4, -0.2) is 24.7 Å². The largest absolute Gasteiger partial charge is 0.481 e. The molecule has 0 saturated carbocycles. The van der Waals surface area contributed by atoms with Crippen LogP contribution in [0.3, 0.4) is 0 Å². The Hall–Kier alpha value is -1.68. The number of likely N-dealkylation sites (N-methyl/N-ethyl adjacent to an activating group) is 1. The predicted octanol–water partition coefficient (Wildman–Crippen LogP) is 1.69. The predicted molar refractivity (Wildman–Crippen MR) is 60.7 cm³/mol. The standard InChI is InChI=1S/C12H14FNO2/c1-14-6-2-3-10-7-9(8-12(15)16)4-5-11(10)13/h2-5,7,14H,6,8H2,1H3,(H,15,16). The van der Waals surface area contributed by atoms with Gasteiger partial charge in [0.05, 0.1) is 6.42 Å². The van der Waals surface area contributed by atoms with Crippen molar-refractivity contribution >= 4 is 12.0 Å². The van der Waals surface area contributed by atoms with Crippen LogP contribution in [0, 0.1) is 5.82 Å². The molecular weight excluding hydrogens is 209 g/mol. The van der Waals surface area contributed by atoms with Gasteiger partial charge in [0, 0.05) is 12.1 Å². The molecule has 0 heterocycles. The number of nitrogens with one attached hydrogen (secondary N) is 1. The van der Waals surface area contributed by atoms with Crippen molar-refractivity contribution in [3.05, 3.63) is 41.2 Å². The first-order chi connectivity index (χ1) is 7.63. The Morgan fingerprint density at radius 3 is 2.94 bits per heavy atom. The molecule has 0 spiro atoms. The Morgan fingerprint density at radius 1 is 1.56 bits per heavy atom. The van der Waals surface area contributed by atoms with E-state index >= 15 is 0 Å². The molecule has 0 aromatic heterocycles. The van der Waals surface area contributed by atoms with Gasteiger partial charge in [-0.3, -0.25) is 4.79 Å². The van der Waals surface area contributed by atoms with E-state index < -0.39 is 5.97 Å². The molecule has 0 radical (unpaired) electrons. The summed E-state index contributed by atoms with van der Waals surface area (Å²) >= 11 is 0. The second kappa shape index (κ2) is 6.02. The zero-order chi connectivity index (χ0) is 12.0. The first-order valence-electron chi connectivity index (χ1n) is 4.95. The summed E-state index contributed by atoms with van der Waals surface area (Å²) in [7, 11) is 1.79. The zero-order valence-electron chi connectivity index (χ0n) is 9.03. The van der Waals surface area contributed by atoms with Crippen molar-refractivity contribution in [1.82, 2.24) is 5.32 Å². The molecule has 1 aromatic rings. The van der Waals surface area contributed by atoms with Crippen molar-refractivity contribution in [1.29, 1.82) is 0 Å². The molecule has 0 bridgehead atoms. The average molecular weight is 223 g/mol. The molecule has 0 fully saturated rings. The molecule has 4 heteroatoms. The Bertz CT molecular complexity index is 402. The topological polar surface area (TPSA) is 49.3 Å². The van der Waals surface area contributed by atoms with Gasteiger partial charge in [0.15, 0.2) is 0 Å². The molecule has 0 amide bonds. The van der Waals surface area contributed by atoms with E-state index in [4.69, 9.17) is 5.11 Å². The number of hydrogen-bond acceptors (Lipinski definition) is 2. The van der Waals surface area contributed by atoms with Crippen molar-refractivity contribution in [3.63, 3.8) is 0 Å². The zero-order valence-corrected chi connectivity index (χ0v) is 9.03. The lowest BCUT2D eigenvalue weighted by Gasteiger charge is -2.01. The van der Waals surface area contributed by atoms with E-state index in [1.165, 1.54) is 12.1 Å². The second-order valence-electron chi connectivity index (χ2n) is 3.39. The van der Waals surface area contributed by atoms with Crippen LogP contribution in [0.4, 0.5) is 4.39 Å². The van der Waals surface area contributed by atoms with Crippen LogP contribution in [0.2, 0.25) is 0 Å². The van der Waals surface area contributed by atoms with E-state index in [1.807, 2.05) is 0 Å². The van der Waals surface area contributed by atoms with Gasteiger partial charge in [-0.1, -0.05) is 18.2 Å². The van der Waals surface area contributed by atoms with Crippen LogP contribution in [0.1, 0.15) is 11.1 Å². The molecule has 1 aromatic carbocycles. The summed E-state index contributed by atoms with van der Waals surface area (Å²) in [5.74, 6) is -1.27. The van der Waals surface area contributed by atoms with Gasteiger partial charge >= 0.3 is 5.97 Å². The van der Waals surface area contributed by atoms with E-state index in [-0.39, 0.29) is 12.2 Å². The maximum Gasteiger partial charge on any atom is 0.307 e. The molecule has 16 heavy (non-hydrogen) atoms. The molecule has 0 unspecified atom stereocenters. The van der Waals surface area contributed by atoms with Crippen LogP contribution in [0.15, 0.2) is 24.3 Å². The van der Waals surface area contributed by atoms with Crippen molar-refractivity contribution < 1.29 is 14.3 Å². The molecule has 0 saturated heterocycles. The van der Waals surface area contributed by atoms with E-state index in [0.29, 0.717) is 17.7 Å². The highest BCUT2D eigenvalue weighted by Crippen LogP contribution is 2.12. The highest BCUT2D eigenvalue weighted by molar-refractivity contribution is 5.70. The van der Waals surface area contributed by atoms with Crippen molar-refractivity contribution in [2.24, 2.45) is 0 Å². The molecule has 86 valence electrons. The first kappa shape index (κ1) is 12.4. The molecular formula is C12H14FNO2. The number of benzene rings is 1. The number of carbonyl (C=O) groups is 1. The Morgan fingerprint density at radius 2 is 2.31 bits per heavy atom. The van der Waals surface area contributed by atoms with Gasteiger partial charge < -0.3 is 10.4 Å². The number of carboxylic acids is 1. The fraction of sp³-hybridized carbons (Fsp3) is 0.250. The molecule has 3 nitrogen and oxygen atoms in total. The Balaban J connectivity index is 2.85. The van der Waals surface area contributed by atoms with Gasteiger partial charge in [-0.15, -0.1) is 0 Å². The second-order valence-corrected chi connectivity index (χ2v) is 3.39. The average Bonchev–Trinajstić information content (AvgIpc) is 2.22. The summed E-state index contributed by atoms with van der Waals surface area (Å²) in [6, 6.07) is 4.33. The normalized spacial score (nSPS) is 10.9. The van der Waals surface area contributed by atoms with Gasteiger partial charge in [-0.2, -0.15) is 0 Å². The van der Waals surface area contributed by atoms with Crippen LogP contribution in [-0.2, 0) is 11.2 Å². The summed E-state index contributed by atoms with van der Waals surface area (Å²) < 4.78 is 13.3. The highest BCUT2D eigenvalue weighted by Gasteiger charge is 2.04. The smallest absolute Gasteiger partial charge is 0.307 e. The SMILES string of the molecule is CNCC=Cc1cc(CC(=O)O)ccc1F. The summed E-state index contributed by atoms with van der Waals surface area (Å²) in [6.07, 6.45) is 3.33. The minimum Gasteiger partial charge on any atom is -0.481 e. The van der Waals surface area contributed by atoms with Crippen LogP contribution >= 0.6 is 0 Å². The number of aliphatic carboxylic acids is 1. The quantitative estimate of drug-likeness (QED) is 0.798. The fourth-order valence-corrected chi connectivity index (χ4v) is 1.31. The number of hydrogen-bond donors (Lipinski definition) is 2. The van der Waals surface area contributed by atoms with Gasteiger partial charge in [0.25, 0.3) is 0 Å². The fourth-order valence-electron chi connectivity index (χ4n) is 1.31. The molecule has 0 aliphatic carbocycles. The molecule has 0 aliphatic rings. The van der Waals surface area contributed by atoms with Gasteiger partial charge in [0.1, 0.15) is 5.82 Å². The number of rotatable bonds is 5. The minimum absolute atomic E-state index is 0.0901. The summed E-state index contributed by atoms with van der Waals surface area (Å²) in [4.78, 5) is 10.5. The van der Waals surface area contributed by atoms with E-state index in [0.717, 1.165) is 0 Å². The third-order valence-corrected chi connectivity index (χ3v) is 2.04. The minimum atomic E-state index is -0.920. The van der Waals surface area contributed by atoms with Gasteiger partial charge in [-0.05, 0) is 24.7 Å². The maximum atomic E-state index is 13.3. The van der Waals surface area contributed by atoms with Crippen molar-refractivity contribution in [3.8, 4) is 0 Å². The third kappa shape index (κ3) is 3.82. The molecule has 0 aliphatic heterocycles. The van der Waals surface area contributed by atoms with Gasteiger partial charge in [0.2, 0.25) is 0 Å². The van der Waals surface area contributed by atoms with Crippen molar-refractivity contribution in [2.45, 2.75) is 6.42 Å².